The van der Waals surface area contributed by atoms with Crippen molar-refractivity contribution in [2.75, 3.05) is 0 Å². The van der Waals surface area contributed by atoms with Crippen LogP contribution in [0.25, 0.3) is 32.3 Å². The third-order valence-corrected chi connectivity index (χ3v) is 3.39. The maximum Gasteiger partial charge on any atom is 0.0587 e. The van der Waals surface area contributed by atoms with Crippen molar-refractivity contribution in [2.24, 2.45) is 0 Å². The quantitative estimate of drug-likeness (QED) is 0.393. The Morgan fingerprint density at radius 2 is 0.895 bits per heavy atom. The Labute approximate surface area is 112 Å². The number of rotatable bonds is 0. The first-order chi connectivity index (χ1) is 9.35. The predicted molar refractivity (Wildman–Crippen MR) is 81.4 cm³/mol. The normalized spacial score (nSPS) is 10.3. The molecule has 0 atom stereocenters. The van der Waals surface area contributed by atoms with E-state index in [1.807, 2.05) is 0 Å². The molecule has 0 N–H and O–H groups in total. The third-order valence-electron chi connectivity index (χ3n) is 3.39. The van der Waals surface area contributed by atoms with Crippen LogP contribution in [0.1, 0.15) is 6.92 Å². The molecule has 0 unspecified atom stereocenters. The standard InChI is InChI=1S/C16H10.C2H3N/c1-3-11-7-9-13-5-2-6-14-10-8-12(4-1)15(11)16(13)14;1-2-3/h1-10H;1H3. The van der Waals surface area contributed by atoms with Gasteiger partial charge in [-0.25, -0.2) is 0 Å². The van der Waals surface area contributed by atoms with Crippen LogP contribution in [0.4, 0.5) is 0 Å². The highest BCUT2D eigenvalue weighted by Gasteiger charge is 2.05. The van der Waals surface area contributed by atoms with Gasteiger partial charge in [0.2, 0.25) is 0 Å². The Kier molecular flexibility index (Phi) is 2.78. The van der Waals surface area contributed by atoms with Crippen LogP contribution in [-0.4, -0.2) is 0 Å². The molecule has 0 saturated heterocycles. The molecule has 0 fully saturated rings. The fraction of sp³-hybridized carbons (Fsp3) is 0.0556. The summed E-state index contributed by atoms with van der Waals surface area (Å²) in [5, 5.41) is 15.5. The lowest BCUT2D eigenvalue weighted by atomic mass is 9.95. The van der Waals surface area contributed by atoms with Gasteiger partial charge in [-0.15, -0.1) is 0 Å². The van der Waals surface area contributed by atoms with Gasteiger partial charge in [0.05, 0.1) is 6.07 Å². The zero-order valence-corrected chi connectivity index (χ0v) is 10.7. The Hall–Kier alpha value is -2.59. The van der Waals surface area contributed by atoms with Gasteiger partial charge in [-0.1, -0.05) is 60.7 Å². The third kappa shape index (κ3) is 1.78. The highest BCUT2D eigenvalue weighted by Crippen LogP contribution is 2.33. The number of nitrogens with zero attached hydrogens (tertiary/aromatic N) is 1. The van der Waals surface area contributed by atoms with Crippen LogP contribution in [0.15, 0.2) is 60.7 Å². The second kappa shape index (κ2) is 4.59. The molecule has 0 radical (unpaired) electrons. The molecule has 19 heavy (non-hydrogen) atoms. The minimum absolute atomic E-state index is 1.34. The molecule has 4 aromatic carbocycles. The molecule has 0 amide bonds. The van der Waals surface area contributed by atoms with Gasteiger partial charge in [0, 0.05) is 6.92 Å². The summed E-state index contributed by atoms with van der Waals surface area (Å²) in [5.74, 6) is 0. The highest BCUT2D eigenvalue weighted by atomic mass is 14.2. The molecule has 0 aliphatic heterocycles. The van der Waals surface area contributed by atoms with Crippen molar-refractivity contribution in [3.63, 3.8) is 0 Å². The van der Waals surface area contributed by atoms with E-state index in [1.165, 1.54) is 39.2 Å². The van der Waals surface area contributed by atoms with Crippen LogP contribution in [0.3, 0.4) is 0 Å². The second-order valence-corrected chi connectivity index (χ2v) is 4.51. The van der Waals surface area contributed by atoms with E-state index < -0.39 is 0 Å². The van der Waals surface area contributed by atoms with Crippen molar-refractivity contribution in [1.82, 2.24) is 0 Å². The summed E-state index contributed by atoms with van der Waals surface area (Å²) in [6.45, 7) is 1.43. The zero-order chi connectivity index (χ0) is 13.2. The number of hydrogen-bond acceptors (Lipinski definition) is 1. The van der Waals surface area contributed by atoms with E-state index >= 15 is 0 Å². The van der Waals surface area contributed by atoms with Gasteiger partial charge in [0.25, 0.3) is 0 Å². The lowest BCUT2D eigenvalue weighted by Crippen LogP contribution is -1.82. The van der Waals surface area contributed by atoms with E-state index in [9.17, 15) is 0 Å². The largest absolute Gasteiger partial charge is 0.199 e. The summed E-state index contributed by atoms with van der Waals surface area (Å²) < 4.78 is 0. The second-order valence-electron chi connectivity index (χ2n) is 4.51. The van der Waals surface area contributed by atoms with Crippen LogP contribution in [0.5, 0.6) is 0 Å². The number of benzene rings is 4. The van der Waals surface area contributed by atoms with Crippen LogP contribution in [0, 0.1) is 11.3 Å². The highest BCUT2D eigenvalue weighted by molar-refractivity contribution is 6.22. The lowest BCUT2D eigenvalue weighted by molar-refractivity contribution is 1.49. The van der Waals surface area contributed by atoms with E-state index in [0.717, 1.165) is 0 Å². The average molecular weight is 243 g/mol. The average Bonchev–Trinajstić information content (AvgIpc) is 2.46. The lowest BCUT2D eigenvalue weighted by Gasteiger charge is -2.09. The molecule has 1 nitrogen and oxygen atoms in total. The summed E-state index contributed by atoms with van der Waals surface area (Å²) in [6.07, 6.45) is 0. The maximum atomic E-state index is 7.32. The molecule has 0 saturated carbocycles. The molecule has 90 valence electrons. The molecule has 0 aliphatic rings. The SMILES string of the molecule is CC#N.c1cc2ccc3cccc4ccc(c1)c2c34. The molecule has 4 aromatic rings. The fourth-order valence-corrected chi connectivity index (χ4v) is 2.67. The Balaban J connectivity index is 0.000000339. The van der Waals surface area contributed by atoms with Gasteiger partial charge in [-0.2, -0.15) is 5.26 Å². The van der Waals surface area contributed by atoms with Crippen molar-refractivity contribution in [1.29, 1.82) is 5.26 Å². The smallest absolute Gasteiger partial charge is 0.0587 e. The van der Waals surface area contributed by atoms with E-state index in [1.54, 1.807) is 6.07 Å². The van der Waals surface area contributed by atoms with Gasteiger partial charge >= 0.3 is 0 Å². The number of hydrogen-bond donors (Lipinski definition) is 0. The molecule has 4 rings (SSSR count). The Morgan fingerprint density at radius 1 is 0.632 bits per heavy atom. The molecule has 0 heterocycles. The Bertz CT molecular complexity index is 754. The molecular weight excluding hydrogens is 230 g/mol. The van der Waals surface area contributed by atoms with Crippen LogP contribution < -0.4 is 0 Å². The van der Waals surface area contributed by atoms with Gasteiger partial charge < -0.3 is 0 Å². The number of nitriles is 1. The molecular formula is C18H13N. The summed E-state index contributed by atoms with van der Waals surface area (Å²) in [6, 6.07) is 23.6. The zero-order valence-electron chi connectivity index (χ0n) is 10.7. The van der Waals surface area contributed by atoms with E-state index in [0.29, 0.717) is 0 Å². The first-order valence-corrected chi connectivity index (χ1v) is 6.28. The van der Waals surface area contributed by atoms with Crippen LogP contribution in [-0.2, 0) is 0 Å². The van der Waals surface area contributed by atoms with E-state index in [4.69, 9.17) is 5.26 Å². The topological polar surface area (TPSA) is 23.8 Å². The van der Waals surface area contributed by atoms with Crippen LogP contribution in [0.2, 0.25) is 0 Å². The van der Waals surface area contributed by atoms with E-state index in [2.05, 4.69) is 60.7 Å². The van der Waals surface area contributed by atoms with Gasteiger partial charge in [0.15, 0.2) is 0 Å². The first-order valence-electron chi connectivity index (χ1n) is 6.28. The van der Waals surface area contributed by atoms with Crippen molar-refractivity contribution in [3.05, 3.63) is 60.7 Å². The summed E-state index contributed by atoms with van der Waals surface area (Å²) in [4.78, 5) is 0. The molecule has 0 spiro atoms. The summed E-state index contributed by atoms with van der Waals surface area (Å²) in [5.41, 5.74) is 0. The predicted octanol–water partition coefficient (Wildman–Crippen LogP) is 5.11. The molecule has 0 aromatic heterocycles. The summed E-state index contributed by atoms with van der Waals surface area (Å²) >= 11 is 0. The van der Waals surface area contributed by atoms with Gasteiger partial charge in [-0.05, 0) is 32.3 Å². The maximum absolute atomic E-state index is 7.32. The van der Waals surface area contributed by atoms with Crippen molar-refractivity contribution >= 4 is 32.3 Å². The summed E-state index contributed by atoms with van der Waals surface area (Å²) in [7, 11) is 0. The van der Waals surface area contributed by atoms with Gasteiger partial charge in [0.1, 0.15) is 0 Å². The Morgan fingerprint density at radius 3 is 1.16 bits per heavy atom. The monoisotopic (exact) mass is 243 g/mol. The molecule has 1 heteroatoms. The van der Waals surface area contributed by atoms with Crippen molar-refractivity contribution in [3.8, 4) is 6.07 Å². The van der Waals surface area contributed by atoms with Crippen LogP contribution >= 0.6 is 0 Å². The minimum Gasteiger partial charge on any atom is -0.199 e. The fourth-order valence-electron chi connectivity index (χ4n) is 2.67. The first kappa shape index (κ1) is 11.5. The molecule has 0 bridgehead atoms. The van der Waals surface area contributed by atoms with E-state index in [-0.39, 0.29) is 0 Å². The van der Waals surface area contributed by atoms with Gasteiger partial charge in [-0.3, -0.25) is 0 Å². The molecule has 0 aliphatic carbocycles. The minimum atomic E-state index is 1.34. The van der Waals surface area contributed by atoms with Crippen molar-refractivity contribution in [2.45, 2.75) is 6.92 Å². The van der Waals surface area contributed by atoms with Crippen molar-refractivity contribution < 1.29 is 0 Å².